The maximum atomic E-state index is 12.1. The molecule has 1 aliphatic carbocycles. The van der Waals surface area contributed by atoms with Crippen molar-refractivity contribution in [2.75, 3.05) is 26.7 Å². The number of aldehydes is 1. The summed E-state index contributed by atoms with van der Waals surface area (Å²) >= 11 is 0. The predicted molar refractivity (Wildman–Crippen MR) is 174 cm³/mol. The normalized spacial score (nSPS) is 18.4. The lowest BCUT2D eigenvalue weighted by atomic mass is 9.99. The van der Waals surface area contributed by atoms with Crippen molar-refractivity contribution in [2.24, 2.45) is 28.0 Å². The van der Waals surface area contributed by atoms with Crippen molar-refractivity contribution in [2.45, 2.75) is 106 Å². The number of rotatable bonds is 12. The lowest BCUT2D eigenvalue weighted by Crippen LogP contribution is -2.51. The zero-order valence-corrected chi connectivity index (χ0v) is 28.6. The number of likely N-dealkylation sites (tertiary alicyclic amines) is 1. The first kappa shape index (κ1) is 41.4. The van der Waals surface area contributed by atoms with Crippen LogP contribution in [-0.4, -0.2) is 91.4 Å². The molecule has 1 saturated carbocycles. The van der Waals surface area contributed by atoms with Gasteiger partial charge in [-0.1, -0.05) is 68.2 Å². The summed E-state index contributed by atoms with van der Waals surface area (Å²) in [6.45, 7) is 17.4. The molecule has 256 valence electrons. The van der Waals surface area contributed by atoms with Crippen molar-refractivity contribution < 1.29 is 33.5 Å². The minimum Gasteiger partial charge on any atom is -0.471 e. The third kappa shape index (κ3) is 18.1. The topological polar surface area (TPSA) is 189 Å². The fraction of sp³-hybridized carbons (Fsp3) is 0.719. The molecule has 3 unspecified atom stereocenters. The largest absolute Gasteiger partial charge is 0.471 e. The molecule has 5 N–H and O–H groups in total. The van der Waals surface area contributed by atoms with E-state index in [4.69, 9.17) is 10.5 Å². The molecule has 1 saturated heterocycles. The Bertz CT molecular complexity index is 1040. The van der Waals surface area contributed by atoms with E-state index in [1.54, 1.807) is 19.9 Å². The molecule has 0 radical (unpaired) electrons. The zero-order chi connectivity index (χ0) is 34.7. The third-order valence-corrected chi connectivity index (χ3v) is 6.37. The van der Waals surface area contributed by atoms with E-state index in [-0.39, 0.29) is 42.7 Å². The van der Waals surface area contributed by atoms with Gasteiger partial charge in [0, 0.05) is 6.20 Å². The Morgan fingerprint density at radius 2 is 1.69 bits per heavy atom. The Balaban J connectivity index is 0.000000714. The number of nitrogens with one attached hydrogen (secondary N) is 3. The van der Waals surface area contributed by atoms with E-state index in [0.29, 0.717) is 24.0 Å². The van der Waals surface area contributed by atoms with E-state index >= 15 is 0 Å². The van der Waals surface area contributed by atoms with E-state index in [0.717, 1.165) is 32.2 Å². The van der Waals surface area contributed by atoms with Gasteiger partial charge in [-0.25, -0.2) is 9.79 Å². The van der Waals surface area contributed by atoms with Gasteiger partial charge in [0.05, 0.1) is 18.6 Å². The molecule has 2 heterocycles. The lowest BCUT2D eigenvalue weighted by Gasteiger charge is -2.22. The Morgan fingerprint density at radius 1 is 1.09 bits per heavy atom. The number of ketones is 2. The summed E-state index contributed by atoms with van der Waals surface area (Å²) in [7, 11) is 1.89. The van der Waals surface area contributed by atoms with Gasteiger partial charge in [-0.2, -0.15) is 0 Å². The lowest BCUT2D eigenvalue weighted by molar-refractivity contribution is -0.139. The number of carbonyl (C=O) groups excluding carboxylic acids is 6. The maximum Gasteiger partial charge on any atom is 0.315 e. The van der Waals surface area contributed by atoms with Crippen molar-refractivity contribution in [1.29, 1.82) is 0 Å². The monoisotopic (exact) mass is 636 g/mol. The summed E-state index contributed by atoms with van der Waals surface area (Å²) in [6, 6.07) is -2.27. The molecule has 2 aliphatic heterocycles. The number of likely N-dealkylation sites (N-methyl/N-ethyl adjacent to an activating group) is 1. The van der Waals surface area contributed by atoms with Gasteiger partial charge in [0.2, 0.25) is 17.5 Å². The number of primary amides is 1. The highest BCUT2D eigenvalue weighted by atomic mass is 16.5. The molecule has 3 rings (SSSR count). The molecule has 13 nitrogen and oxygen atoms in total. The molecular weight excluding hydrogens is 580 g/mol. The van der Waals surface area contributed by atoms with E-state index in [1.807, 2.05) is 25.8 Å². The molecule has 0 spiro atoms. The van der Waals surface area contributed by atoms with Crippen LogP contribution in [0.5, 0.6) is 0 Å². The third-order valence-electron chi connectivity index (χ3n) is 6.37. The van der Waals surface area contributed by atoms with Gasteiger partial charge in [-0.3, -0.25) is 24.1 Å². The van der Waals surface area contributed by atoms with Crippen LogP contribution in [-0.2, 0) is 28.7 Å². The summed E-state index contributed by atoms with van der Waals surface area (Å²) < 4.78 is 5.12. The maximum absolute atomic E-state index is 12.1. The van der Waals surface area contributed by atoms with Crippen molar-refractivity contribution >= 4 is 41.6 Å². The number of carbonyl (C=O) groups is 6. The molecule has 0 aromatic rings. The Morgan fingerprint density at radius 3 is 2.11 bits per heavy atom. The number of Topliss-reactive ketones (excluding diaryl/α,β-unsaturated/α-hetero) is 2. The molecule has 0 aromatic heterocycles. The molecular formula is C32H56N6O7. The summed E-state index contributed by atoms with van der Waals surface area (Å²) in [5.41, 5.74) is 5.54. The van der Waals surface area contributed by atoms with Gasteiger partial charge in [-0.15, -0.1) is 0 Å². The highest BCUT2D eigenvalue weighted by Gasteiger charge is 2.35. The second kappa shape index (κ2) is 21.2. The molecule has 3 aliphatic rings. The van der Waals surface area contributed by atoms with Crippen LogP contribution in [0.25, 0.3) is 0 Å². The van der Waals surface area contributed by atoms with Crippen LogP contribution in [0.1, 0.15) is 87.5 Å². The average molecular weight is 637 g/mol. The Labute approximate surface area is 268 Å². The minimum absolute atomic E-state index is 0.0168. The van der Waals surface area contributed by atoms with E-state index in [1.165, 1.54) is 6.20 Å². The smallest absolute Gasteiger partial charge is 0.315 e. The van der Waals surface area contributed by atoms with E-state index in [2.05, 4.69) is 48.6 Å². The van der Waals surface area contributed by atoms with Crippen LogP contribution < -0.4 is 21.7 Å². The average Bonchev–Trinajstić information content (AvgIpc) is 3.70. The van der Waals surface area contributed by atoms with Crippen molar-refractivity contribution in [3.05, 3.63) is 12.3 Å². The number of ether oxygens (including phenoxy) is 1. The summed E-state index contributed by atoms with van der Waals surface area (Å²) in [5.74, 6) is -1.91. The van der Waals surface area contributed by atoms with Gasteiger partial charge in [0.1, 0.15) is 18.9 Å². The van der Waals surface area contributed by atoms with Crippen molar-refractivity contribution in [1.82, 2.24) is 20.9 Å². The second-order valence-electron chi connectivity index (χ2n) is 12.8. The van der Waals surface area contributed by atoms with Crippen LogP contribution in [0.15, 0.2) is 17.3 Å². The van der Waals surface area contributed by atoms with E-state index < -0.39 is 29.8 Å². The number of nitrogens with zero attached hydrogens (tertiary/aromatic N) is 2. The van der Waals surface area contributed by atoms with Gasteiger partial charge in [0.15, 0.2) is 0 Å². The molecule has 13 heteroatoms. The van der Waals surface area contributed by atoms with Gasteiger partial charge in [-0.05, 0) is 56.2 Å². The van der Waals surface area contributed by atoms with Gasteiger partial charge < -0.3 is 31.2 Å². The van der Waals surface area contributed by atoms with Gasteiger partial charge in [0.25, 0.3) is 11.8 Å². The van der Waals surface area contributed by atoms with Crippen LogP contribution in [0.2, 0.25) is 0 Å². The zero-order valence-electron chi connectivity index (χ0n) is 28.6. The van der Waals surface area contributed by atoms with E-state index in [9.17, 15) is 28.8 Å². The fourth-order valence-electron chi connectivity index (χ4n) is 4.06. The number of hydrogen-bond acceptors (Lipinski definition) is 9. The van der Waals surface area contributed by atoms with Crippen LogP contribution >= 0.6 is 0 Å². The molecule has 3 atom stereocenters. The molecule has 0 aromatic carbocycles. The van der Waals surface area contributed by atoms with Crippen LogP contribution in [0, 0.1) is 17.3 Å². The predicted octanol–water partition coefficient (Wildman–Crippen LogP) is 2.52. The summed E-state index contributed by atoms with van der Waals surface area (Å²) in [4.78, 5) is 74.5. The molecule has 2 fully saturated rings. The fourth-order valence-corrected chi connectivity index (χ4v) is 4.06. The Hall–Kier alpha value is -3.61. The number of amides is 4. The Kier molecular flexibility index (Phi) is 19.5. The second-order valence-corrected chi connectivity index (χ2v) is 12.8. The first-order chi connectivity index (χ1) is 21.0. The highest BCUT2D eigenvalue weighted by Crippen LogP contribution is 2.33. The van der Waals surface area contributed by atoms with Crippen LogP contribution in [0.3, 0.4) is 0 Å². The minimum atomic E-state index is -0.967. The van der Waals surface area contributed by atoms with Gasteiger partial charge >= 0.3 is 6.03 Å². The molecule has 4 amide bonds. The number of hydrogen-bond donors (Lipinski definition) is 4. The summed E-state index contributed by atoms with van der Waals surface area (Å²) in [6.07, 6.45) is 8.14. The molecule has 0 bridgehead atoms. The van der Waals surface area contributed by atoms with Crippen LogP contribution in [0.4, 0.5) is 4.79 Å². The first-order valence-corrected chi connectivity index (χ1v) is 15.8. The standard InChI is InChI=1S/C13H21N3O3.C12H17N3O4.C5H12.C2H6/c1-16-6-2-3-10(16)13(19)15-9(7-8-4-5-8)11(17)12(14)18;1-8(2)9(15-12(18)14-5-6-16)10(17)11-13-4-3-7-19-11;1-5(2,3)4;1-2/h8-10H,2-7H2,1H3,(H2,14,18)(H,15,19);3-4,6,8-9H,5,7H2,1-2H3,(H2,14,15,18);1-4H3;1-2H3. The number of aliphatic imine (C=N–C) groups is 1. The highest BCUT2D eigenvalue weighted by molar-refractivity contribution is 6.39. The molecule has 45 heavy (non-hydrogen) atoms. The van der Waals surface area contributed by atoms with Crippen molar-refractivity contribution in [3.8, 4) is 0 Å². The summed E-state index contributed by atoms with van der Waals surface area (Å²) in [5, 5.41) is 7.53. The quantitative estimate of drug-likeness (QED) is 0.186. The SMILES string of the molecule is CC.CC(C)(C)C.CC(C)C(NC(=O)NCC=O)C(=O)C1=NC=CCO1.CN1CCCC1C(=O)NC(CC1CC1)C(=O)C(N)=O. The number of urea groups is 1. The number of nitrogens with two attached hydrogens (primary N) is 1. The first-order valence-electron chi connectivity index (χ1n) is 15.8. The van der Waals surface area contributed by atoms with Crippen molar-refractivity contribution in [3.63, 3.8) is 0 Å².